The lowest BCUT2D eigenvalue weighted by Crippen LogP contribution is -2.32. The summed E-state index contributed by atoms with van der Waals surface area (Å²) in [7, 11) is -14.2. The zero-order valence-electron chi connectivity index (χ0n) is 24.2. The summed E-state index contributed by atoms with van der Waals surface area (Å²) in [6.07, 6.45) is 1.21. The summed E-state index contributed by atoms with van der Waals surface area (Å²) < 4.78 is 102. The van der Waals surface area contributed by atoms with E-state index < -0.39 is 79.1 Å². The Morgan fingerprint density at radius 2 is 1.53 bits per heavy atom. The number of benzene rings is 1. The van der Waals surface area contributed by atoms with E-state index in [1.807, 2.05) is 0 Å². The summed E-state index contributed by atoms with van der Waals surface area (Å²) in [5.74, 6) is -2.46. The van der Waals surface area contributed by atoms with Crippen molar-refractivity contribution in [2.45, 2.75) is 54.1 Å². The van der Waals surface area contributed by atoms with Gasteiger partial charge in [0.15, 0.2) is 0 Å². The third-order valence-electron chi connectivity index (χ3n) is 6.87. The van der Waals surface area contributed by atoms with Crippen molar-refractivity contribution in [3.63, 3.8) is 0 Å². The number of thiophene rings is 1. The minimum Gasteiger partial charge on any atom is -0.422 e. The number of unbranched alkanes of at least 4 members (excludes halogenated alkanes) is 2. The van der Waals surface area contributed by atoms with E-state index in [0.717, 1.165) is 0 Å². The highest BCUT2D eigenvalue weighted by molar-refractivity contribution is 7.89. The zero-order valence-corrected chi connectivity index (χ0v) is 27.5. The Morgan fingerprint density at radius 1 is 0.872 bits per heavy atom. The second-order valence-electron chi connectivity index (χ2n) is 10.4. The molecule has 0 unspecified atom stereocenters. The highest BCUT2D eigenvalue weighted by Gasteiger charge is 2.32. The predicted octanol–water partition coefficient (Wildman–Crippen LogP) is 2.27. The molecule has 1 fully saturated rings. The maximum absolute atomic E-state index is 12.9. The molecule has 256 valence electrons. The van der Waals surface area contributed by atoms with Gasteiger partial charge in [-0.25, -0.2) is 9.59 Å². The van der Waals surface area contributed by atoms with Gasteiger partial charge in [-0.2, -0.15) is 25.3 Å². The number of fused-ring (bicyclic) bond motifs is 1. The van der Waals surface area contributed by atoms with Gasteiger partial charge in [0.1, 0.15) is 14.7 Å². The second kappa shape index (κ2) is 14.2. The van der Waals surface area contributed by atoms with E-state index in [1.54, 1.807) is 11.0 Å². The van der Waals surface area contributed by atoms with E-state index in [-0.39, 0.29) is 54.5 Å². The third-order valence-corrected chi connectivity index (χ3v) is 11.2. The van der Waals surface area contributed by atoms with Crippen molar-refractivity contribution < 1.29 is 62.5 Å². The van der Waals surface area contributed by atoms with Crippen LogP contribution in [0.2, 0.25) is 0 Å². The van der Waals surface area contributed by atoms with E-state index in [1.165, 1.54) is 18.2 Å². The number of amides is 2. The molecule has 0 radical (unpaired) electrons. The summed E-state index contributed by atoms with van der Waals surface area (Å²) in [6.45, 7) is 0.461. The SMILES string of the molecule is O=C(CCCCCN(CCCS(=O)(=O)O)c1ccc2cc(-c3sc(S(=O)(=O)O)cc3S(=O)(=O)O)c(=O)oc2c1)ON1C(=O)CCC1=O. The van der Waals surface area contributed by atoms with Crippen molar-refractivity contribution in [3.8, 4) is 10.4 Å². The summed E-state index contributed by atoms with van der Waals surface area (Å²) >= 11 is 0.235. The van der Waals surface area contributed by atoms with Crippen molar-refractivity contribution in [2.75, 3.05) is 23.7 Å². The molecule has 0 bridgehead atoms. The monoisotopic (exact) mass is 736 g/mol. The van der Waals surface area contributed by atoms with Crippen LogP contribution in [0.5, 0.6) is 0 Å². The van der Waals surface area contributed by atoms with Crippen molar-refractivity contribution in [2.24, 2.45) is 0 Å². The number of hydrogen-bond donors (Lipinski definition) is 3. The van der Waals surface area contributed by atoms with E-state index in [0.29, 0.717) is 42.6 Å². The molecule has 0 atom stereocenters. The number of rotatable bonds is 15. The van der Waals surface area contributed by atoms with Crippen molar-refractivity contribution in [1.29, 1.82) is 0 Å². The van der Waals surface area contributed by atoms with Crippen LogP contribution in [-0.2, 0) is 49.6 Å². The number of nitrogens with zero attached hydrogens (tertiary/aromatic N) is 2. The summed E-state index contributed by atoms with van der Waals surface area (Å²) in [4.78, 5) is 53.4. The minimum absolute atomic E-state index is 0.0183. The fraction of sp³-hybridized carbons (Fsp3) is 0.385. The molecule has 1 aliphatic rings. The average molecular weight is 737 g/mol. The van der Waals surface area contributed by atoms with Gasteiger partial charge >= 0.3 is 21.7 Å². The van der Waals surface area contributed by atoms with E-state index in [4.69, 9.17) is 13.8 Å². The molecule has 4 rings (SSSR count). The fourth-order valence-corrected chi connectivity index (χ4v) is 8.10. The topological polar surface area (TPSA) is 260 Å². The Balaban J connectivity index is 1.52. The molecule has 3 N–H and O–H groups in total. The Morgan fingerprint density at radius 3 is 2.15 bits per heavy atom. The number of carbonyl (C=O) groups excluding carboxylic acids is 3. The molecular weight excluding hydrogens is 709 g/mol. The van der Waals surface area contributed by atoms with Gasteiger partial charge in [-0.05, 0) is 43.5 Å². The molecule has 1 aliphatic heterocycles. The molecular formula is C26H28N2O15S4. The van der Waals surface area contributed by atoms with E-state index in [9.17, 15) is 53.5 Å². The lowest BCUT2D eigenvalue weighted by atomic mass is 10.1. The van der Waals surface area contributed by atoms with Crippen LogP contribution in [0.15, 0.2) is 48.6 Å². The molecule has 0 spiro atoms. The maximum Gasteiger partial charge on any atom is 0.345 e. The standard InChI is InChI=1S/C26H28N2O15S4/c29-21-8-9-22(30)28(21)43-23(31)5-2-1-3-10-27(11-4-12-45(33,34)35)17-7-6-16-13-18(26(32)42-19(16)14-17)25-20(46(36,37)38)15-24(44-25)47(39,40)41/h6-7,13-15H,1-5,8-12H2,(H,33,34,35)(H,36,37,38)(H,39,40,41). The predicted molar refractivity (Wildman–Crippen MR) is 164 cm³/mol. The highest BCUT2D eigenvalue weighted by Crippen LogP contribution is 2.37. The Labute approximate surface area is 271 Å². The molecule has 0 saturated carbocycles. The van der Waals surface area contributed by atoms with Crippen molar-refractivity contribution in [3.05, 3.63) is 40.8 Å². The first-order chi connectivity index (χ1) is 21.8. The molecule has 0 aliphatic carbocycles. The molecule has 21 heteroatoms. The van der Waals surface area contributed by atoms with Crippen molar-refractivity contribution >= 4 is 76.1 Å². The first-order valence-corrected chi connectivity index (χ1v) is 19.1. The fourth-order valence-electron chi connectivity index (χ4n) is 4.68. The van der Waals surface area contributed by atoms with E-state index >= 15 is 0 Å². The lowest BCUT2D eigenvalue weighted by Gasteiger charge is -2.25. The van der Waals surface area contributed by atoms with Crippen LogP contribution in [0.3, 0.4) is 0 Å². The zero-order chi connectivity index (χ0) is 34.7. The number of hydroxylamine groups is 2. The molecule has 1 saturated heterocycles. The van der Waals surface area contributed by atoms with Crippen LogP contribution >= 0.6 is 11.3 Å². The quantitative estimate of drug-likeness (QED) is 0.0874. The Bertz CT molecular complexity index is 2090. The maximum atomic E-state index is 12.9. The van der Waals surface area contributed by atoms with Gasteiger partial charge in [-0.15, -0.1) is 16.4 Å². The molecule has 47 heavy (non-hydrogen) atoms. The van der Waals surface area contributed by atoms with Crippen LogP contribution in [0.4, 0.5) is 5.69 Å². The molecule has 3 heterocycles. The molecule has 17 nitrogen and oxygen atoms in total. The van der Waals surface area contributed by atoms with E-state index in [2.05, 4.69) is 0 Å². The molecule has 3 aromatic rings. The van der Waals surface area contributed by atoms with Crippen LogP contribution in [0, 0.1) is 0 Å². The van der Waals surface area contributed by atoms with Crippen molar-refractivity contribution in [1.82, 2.24) is 5.06 Å². The van der Waals surface area contributed by atoms with Gasteiger partial charge in [0.05, 0.1) is 16.2 Å². The second-order valence-corrected chi connectivity index (χ2v) is 16.0. The third kappa shape index (κ3) is 9.43. The highest BCUT2D eigenvalue weighted by atomic mass is 32.3. The van der Waals surface area contributed by atoms with Gasteiger partial charge < -0.3 is 14.2 Å². The normalized spacial score (nSPS) is 14.2. The summed E-state index contributed by atoms with van der Waals surface area (Å²) in [5.41, 5.74) is -1.01. The Hall–Kier alpha value is -3.73. The van der Waals surface area contributed by atoms with Crippen LogP contribution < -0.4 is 10.5 Å². The number of hydrogen-bond acceptors (Lipinski definition) is 14. The smallest absolute Gasteiger partial charge is 0.345 e. The number of anilines is 1. The lowest BCUT2D eigenvalue weighted by molar-refractivity contribution is -0.197. The Kier molecular flexibility index (Phi) is 10.9. The van der Waals surface area contributed by atoms with Gasteiger partial charge in [0.2, 0.25) is 0 Å². The first kappa shape index (κ1) is 36.1. The van der Waals surface area contributed by atoms with Crippen LogP contribution in [-0.4, -0.2) is 80.6 Å². The van der Waals surface area contributed by atoms with Gasteiger partial charge in [0.25, 0.3) is 32.1 Å². The average Bonchev–Trinajstić information content (AvgIpc) is 3.55. The largest absolute Gasteiger partial charge is 0.422 e. The van der Waals surface area contributed by atoms with Crippen LogP contribution in [0.1, 0.15) is 44.9 Å². The van der Waals surface area contributed by atoms with Gasteiger partial charge in [0, 0.05) is 49.5 Å². The van der Waals surface area contributed by atoms with Gasteiger partial charge in [-0.3, -0.25) is 23.2 Å². The molecule has 2 amide bonds. The first-order valence-electron chi connectivity index (χ1n) is 13.8. The summed E-state index contributed by atoms with van der Waals surface area (Å²) in [6, 6.07) is 6.26. The molecule has 2 aromatic heterocycles. The summed E-state index contributed by atoms with van der Waals surface area (Å²) in [5, 5.41) is 0.725. The molecule has 1 aromatic carbocycles. The number of carbonyl (C=O) groups is 3. The van der Waals surface area contributed by atoms with Gasteiger partial charge in [-0.1, -0.05) is 6.42 Å². The minimum atomic E-state index is -5.02. The van der Waals surface area contributed by atoms with Crippen LogP contribution in [0.25, 0.3) is 21.4 Å². The number of imide groups is 1.